The minimum Gasteiger partial charge on any atom is -0.497 e. The van der Waals surface area contributed by atoms with Crippen LogP contribution in [0.1, 0.15) is 6.42 Å². The van der Waals surface area contributed by atoms with Crippen molar-refractivity contribution in [2.75, 3.05) is 67.6 Å². The van der Waals surface area contributed by atoms with Crippen LogP contribution in [0.25, 0.3) is 0 Å². The van der Waals surface area contributed by atoms with Crippen LogP contribution in [0.15, 0.2) is 23.1 Å². The fourth-order valence-corrected chi connectivity index (χ4v) is 4.49. The molecule has 1 saturated heterocycles. The molecule has 0 spiro atoms. The molecule has 1 aromatic rings. The summed E-state index contributed by atoms with van der Waals surface area (Å²) in [6.45, 7) is 4.55. The summed E-state index contributed by atoms with van der Waals surface area (Å²) in [4.78, 5) is 4.68. The van der Waals surface area contributed by atoms with E-state index >= 15 is 0 Å². The molecule has 25 heavy (non-hydrogen) atoms. The zero-order chi connectivity index (χ0) is 18.4. The minimum atomic E-state index is -3.57. The molecule has 0 unspecified atom stereocenters. The Balaban J connectivity index is 2.02. The summed E-state index contributed by atoms with van der Waals surface area (Å²) >= 11 is 0. The quantitative estimate of drug-likeness (QED) is 0.678. The van der Waals surface area contributed by atoms with E-state index in [4.69, 9.17) is 9.47 Å². The van der Waals surface area contributed by atoms with Crippen LogP contribution in [0.2, 0.25) is 0 Å². The molecule has 2 rings (SSSR count). The van der Waals surface area contributed by atoms with Gasteiger partial charge in [0.05, 0.1) is 14.2 Å². The molecule has 0 bridgehead atoms. The molecule has 0 aromatic heterocycles. The van der Waals surface area contributed by atoms with Gasteiger partial charge in [-0.05, 0) is 45.7 Å². The molecule has 1 fully saturated rings. The molecule has 0 N–H and O–H groups in total. The van der Waals surface area contributed by atoms with Crippen molar-refractivity contribution in [2.24, 2.45) is 0 Å². The Morgan fingerprint density at radius 2 is 1.76 bits per heavy atom. The average Bonchev–Trinajstić information content (AvgIpc) is 2.61. The summed E-state index contributed by atoms with van der Waals surface area (Å²) in [6.07, 6.45) is 1.09. The van der Waals surface area contributed by atoms with E-state index in [9.17, 15) is 8.42 Å². The van der Waals surface area contributed by atoms with E-state index in [0.717, 1.165) is 32.6 Å². The second kappa shape index (κ2) is 8.84. The van der Waals surface area contributed by atoms with Crippen molar-refractivity contribution in [1.82, 2.24) is 14.1 Å². The van der Waals surface area contributed by atoms with Crippen LogP contribution >= 0.6 is 0 Å². The van der Waals surface area contributed by atoms with Gasteiger partial charge in [-0.3, -0.25) is 0 Å². The second-order valence-electron chi connectivity index (χ2n) is 6.42. The molecule has 1 aliphatic heterocycles. The van der Waals surface area contributed by atoms with E-state index < -0.39 is 10.0 Å². The lowest BCUT2D eigenvalue weighted by atomic mass is 10.3. The second-order valence-corrected chi connectivity index (χ2v) is 8.33. The number of rotatable bonds is 8. The molecule has 1 heterocycles. The fraction of sp³-hybridized carbons (Fsp3) is 0.647. The molecule has 142 valence electrons. The Morgan fingerprint density at radius 3 is 2.32 bits per heavy atom. The predicted octanol–water partition coefficient (Wildman–Crippen LogP) is 0.962. The summed E-state index contributed by atoms with van der Waals surface area (Å²) in [7, 11) is 3.56. The van der Waals surface area contributed by atoms with Crippen LogP contribution in [-0.2, 0) is 10.0 Å². The molecule has 0 atom stereocenters. The maximum atomic E-state index is 13.0. The van der Waals surface area contributed by atoms with E-state index in [1.165, 1.54) is 7.11 Å². The molecular weight excluding hydrogens is 342 g/mol. The van der Waals surface area contributed by atoms with E-state index in [-0.39, 0.29) is 4.90 Å². The smallest absolute Gasteiger partial charge is 0.246 e. The summed E-state index contributed by atoms with van der Waals surface area (Å²) in [5.41, 5.74) is 0. The van der Waals surface area contributed by atoms with E-state index in [2.05, 4.69) is 23.9 Å². The first kappa shape index (κ1) is 20.0. The van der Waals surface area contributed by atoms with Crippen LogP contribution in [0.4, 0.5) is 0 Å². The first-order valence-corrected chi connectivity index (χ1v) is 9.91. The van der Waals surface area contributed by atoms with Gasteiger partial charge in [-0.1, -0.05) is 0 Å². The van der Waals surface area contributed by atoms with Gasteiger partial charge in [0.2, 0.25) is 10.0 Å². The molecule has 7 nitrogen and oxygen atoms in total. The summed E-state index contributed by atoms with van der Waals surface area (Å²) in [5.74, 6) is 0.884. The molecule has 1 aliphatic rings. The molecule has 8 heteroatoms. The van der Waals surface area contributed by atoms with Gasteiger partial charge in [0.25, 0.3) is 0 Å². The normalized spacial score (nSPS) is 17.0. The van der Waals surface area contributed by atoms with E-state index in [1.54, 1.807) is 29.6 Å². The highest BCUT2D eigenvalue weighted by atomic mass is 32.2. The third kappa shape index (κ3) is 5.07. The number of nitrogens with zero attached hydrogens (tertiary/aromatic N) is 3. The van der Waals surface area contributed by atoms with Crippen molar-refractivity contribution in [2.45, 2.75) is 11.3 Å². The summed E-state index contributed by atoms with van der Waals surface area (Å²) < 4.78 is 37.9. The van der Waals surface area contributed by atoms with Gasteiger partial charge in [0, 0.05) is 32.2 Å². The Morgan fingerprint density at radius 1 is 1.08 bits per heavy atom. The summed E-state index contributed by atoms with van der Waals surface area (Å²) in [6, 6.07) is 4.80. The van der Waals surface area contributed by atoms with E-state index in [1.807, 2.05) is 0 Å². The molecule has 0 aliphatic carbocycles. The zero-order valence-electron chi connectivity index (χ0n) is 15.6. The van der Waals surface area contributed by atoms with Crippen molar-refractivity contribution >= 4 is 10.0 Å². The van der Waals surface area contributed by atoms with Gasteiger partial charge in [0.15, 0.2) is 0 Å². The third-order valence-electron chi connectivity index (χ3n) is 4.40. The average molecular weight is 372 g/mol. The number of methoxy groups -OCH3 is 2. The fourth-order valence-electron chi connectivity index (χ4n) is 2.93. The highest BCUT2D eigenvalue weighted by Crippen LogP contribution is 2.31. The van der Waals surface area contributed by atoms with Crippen LogP contribution in [0.3, 0.4) is 0 Å². The van der Waals surface area contributed by atoms with Gasteiger partial charge < -0.3 is 19.3 Å². The van der Waals surface area contributed by atoms with Crippen LogP contribution in [-0.4, -0.2) is 90.1 Å². The van der Waals surface area contributed by atoms with Gasteiger partial charge in [0.1, 0.15) is 16.4 Å². The largest absolute Gasteiger partial charge is 0.497 e. The number of benzene rings is 1. The van der Waals surface area contributed by atoms with Crippen molar-refractivity contribution in [3.8, 4) is 11.5 Å². The number of hydrogen-bond acceptors (Lipinski definition) is 6. The molecule has 1 aromatic carbocycles. The number of ether oxygens (including phenoxy) is 2. The lowest BCUT2D eigenvalue weighted by molar-refractivity contribution is 0.181. The molecular formula is C17H29N3O4S. The lowest BCUT2D eigenvalue weighted by Crippen LogP contribution is -2.49. The topological polar surface area (TPSA) is 62.3 Å². The van der Waals surface area contributed by atoms with Gasteiger partial charge >= 0.3 is 0 Å². The molecule has 0 amide bonds. The van der Waals surface area contributed by atoms with Crippen LogP contribution in [0.5, 0.6) is 11.5 Å². The Labute approximate surface area is 151 Å². The van der Waals surface area contributed by atoms with E-state index in [0.29, 0.717) is 24.6 Å². The Kier molecular flexibility index (Phi) is 7.06. The first-order chi connectivity index (χ1) is 11.9. The first-order valence-electron chi connectivity index (χ1n) is 8.47. The van der Waals surface area contributed by atoms with Crippen LogP contribution < -0.4 is 9.47 Å². The standard InChI is InChI=1S/C17H29N3O4S/c1-18(2)8-5-9-19-10-12-20(13-11-19)25(21,22)17-7-6-15(23-3)14-16(17)24-4/h6-7,14H,5,8-13H2,1-4H3. The molecule has 0 saturated carbocycles. The van der Waals surface area contributed by atoms with Crippen LogP contribution in [0, 0.1) is 0 Å². The predicted molar refractivity (Wildman–Crippen MR) is 97.9 cm³/mol. The highest BCUT2D eigenvalue weighted by Gasteiger charge is 2.30. The van der Waals surface area contributed by atoms with Crippen molar-refractivity contribution < 1.29 is 17.9 Å². The maximum absolute atomic E-state index is 13.0. The number of sulfonamides is 1. The number of piperazine rings is 1. The zero-order valence-corrected chi connectivity index (χ0v) is 16.4. The van der Waals surface area contributed by atoms with Crippen molar-refractivity contribution in [3.05, 3.63) is 18.2 Å². The number of hydrogen-bond donors (Lipinski definition) is 0. The SMILES string of the molecule is COc1ccc(S(=O)(=O)N2CCN(CCCN(C)C)CC2)c(OC)c1. The minimum absolute atomic E-state index is 0.192. The van der Waals surface area contributed by atoms with Gasteiger partial charge in [-0.15, -0.1) is 0 Å². The van der Waals surface area contributed by atoms with Gasteiger partial charge in [-0.2, -0.15) is 4.31 Å². The highest BCUT2D eigenvalue weighted by molar-refractivity contribution is 7.89. The van der Waals surface area contributed by atoms with Gasteiger partial charge in [-0.25, -0.2) is 8.42 Å². The monoisotopic (exact) mass is 371 g/mol. The maximum Gasteiger partial charge on any atom is 0.246 e. The Hall–Kier alpha value is -1.35. The lowest BCUT2D eigenvalue weighted by Gasteiger charge is -2.34. The summed E-state index contributed by atoms with van der Waals surface area (Å²) in [5, 5.41) is 0. The third-order valence-corrected chi connectivity index (χ3v) is 6.34. The van der Waals surface area contributed by atoms with Crippen molar-refractivity contribution in [3.63, 3.8) is 0 Å². The van der Waals surface area contributed by atoms with Crippen molar-refractivity contribution in [1.29, 1.82) is 0 Å². The Bertz CT molecular complexity index is 656. The molecule has 0 radical (unpaired) electrons.